The van der Waals surface area contributed by atoms with Gasteiger partial charge in [0.05, 0.1) is 18.5 Å². The lowest BCUT2D eigenvalue weighted by atomic mass is 10.4. The molecule has 1 aliphatic carbocycles. The van der Waals surface area contributed by atoms with Gasteiger partial charge in [-0.2, -0.15) is 0 Å². The van der Waals surface area contributed by atoms with Crippen LogP contribution in [0, 0.1) is 0 Å². The van der Waals surface area contributed by atoms with Crippen LogP contribution in [-0.2, 0) is 15.7 Å². The maximum Gasteiger partial charge on any atom is 0.329 e. The molecular weight excluding hydrogens is 204 g/mol. The van der Waals surface area contributed by atoms with Gasteiger partial charge in [0.1, 0.15) is 11.0 Å². The van der Waals surface area contributed by atoms with Crippen LogP contribution >= 0.6 is 0 Å². The first-order valence-corrected chi connectivity index (χ1v) is 6.02. The molecule has 1 saturated heterocycles. The molecule has 0 aromatic rings. The van der Waals surface area contributed by atoms with Gasteiger partial charge >= 0.3 is 6.03 Å². The zero-order chi connectivity index (χ0) is 9.97. The van der Waals surface area contributed by atoms with Gasteiger partial charge in [-0.25, -0.2) is 9.00 Å². The van der Waals surface area contributed by atoms with Crippen LogP contribution in [0.2, 0.25) is 0 Å². The molecule has 2 amide bonds. The summed E-state index contributed by atoms with van der Waals surface area (Å²) in [6.45, 7) is 2.33. The van der Waals surface area contributed by atoms with Crippen molar-refractivity contribution in [3.8, 4) is 0 Å². The summed E-state index contributed by atoms with van der Waals surface area (Å²) in [7, 11) is -1.17. The minimum atomic E-state index is -1.17. The van der Waals surface area contributed by atoms with E-state index < -0.39 is 11.0 Å². The molecule has 14 heavy (non-hydrogen) atoms. The molecule has 0 aromatic heterocycles. The maximum atomic E-state index is 11.5. The number of ether oxygens (including phenoxy) is 1. The first-order valence-electron chi connectivity index (χ1n) is 4.81. The van der Waals surface area contributed by atoms with Gasteiger partial charge in [0, 0.05) is 13.1 Å². The average molecular weight is 218 g/mol. The van der Waals surface area contributed by atoms with E-state index in [1.807, 2.05) is 0 Å². The van der Waals surface area contributed by atoms with E-state index in [4.69, 9.17) is 4.74 Å². The number of nitrogens with zero attached hydrogens (tertiary/aromatic N) is 1. The highest BCUT2D eigenvalue weighted by Gasteiger charge is 2.30. The monoisotopic (exact) mass is 218 g/mol. The second kappa shape index (κ2) is 4.27. The van der Waals surface area contributed by atoms with Gasteiger partial charge < -0.3 is 9.64 Å². The number of urea groups is 1. The summed E-state index contributed by atoms with van der Waals surface area (Å²) in [5.74, 6) is 0. The largest absolute Gasteiger partial charge is 0.378 e. The Morgan fingerprint density at radius 1 is 1.36 bits per heavy atom. The first kappa shape index (κ1) is 9.92. The van der Waals surface area contributed by atoms with Gasteiger partial charge in [0.25, 0.3) is 0 Å². The predicted molar refractivity (Wildman–Crippen MR) is 52.1 cm³/mol. The van der Waals surface area contributed by atoms with Gasteiger partial charge in [0.15, 0.2) is 0 Å². The summed E-state index contributed by atoms with van der Waals surface area (Å²) >= 11 is 0. The van der Waals surface area contributed by atoms with Gasteiger partial charge in [-0.1, -0.05) is 0 Å². The van der Waals surface area contributed by atoms with Crippen LogP contribution in [0.25, 0.3) is 0 Å². The van der Waals surface area contributed by atoms with Crippen LogP contribution in [0.5, 0.6) is 0 Å². The standard InChI is InChI=1S/C8H14N2O3S/c11-8(9-14(12)7-1-2-7)10-3-5-13-6-4-10/h7H,1-6H2,(H,9,11)/t14-/m1/s1. The van der Waals surface area contributed by atoms with Gasteiger partial charge in [-0.15, -0.1) is 0 Å². The Hall–Kier alpha value is -0.620. The number of nitrogens with one attached hydrogen (secondary N) is 1. The van der Waals surface area contributed by atoms with Crippen molar-refractivity contribution < 1.29 is 13.7 Å². The van der Waals surface area contributed by atoms with Crippen molar-refractivity contribution in [3.63, 3.8) is 0 Å². The van der Waals surface area contributed by atoms with Crippen molar-refractivity contribution in [1.29, 1.82) is 0 Å². The van der Waals surface area contributed by atoms with Gasteiger partial charge in [-0.05, 0) is 12.8 Å². The number of carbonyl (C=O) groups excluding carboxylic acids is 1. The number of morpholine rings is 1. The summed E-state index contributed by atoms with van der Waals surface area (Å²) in [5, 5.41) is 0.194. The number of rotatable bonds is 2. The van der Waals surface area contributed by atoms with Crippen molar-refractivity contribution in [3.05, 3.63) is 0 Å². The van der Waals surface area contributed by atoms with E-state index in [9.17, 15) is 9.00 Å². The fourth-order valence-corrected chi connectivity index (χ4v) is 2.31. The Bertz CT molecular complexity index is 249. The zero-order valence-electron chi connectivity index (χ0n) is 7.90. The normalized spacial score (nSPS) is 24.4. The Morgan fingerprint density at radius 3 is 2.57 bits per heavy atom. The molecule has 0 spiro atoms. The van der Waals surface area contributed by atoms with Crippen molar-refractivity contribution in [2.24, 2.45) is 0 Å². The zero-order valence-corrected chi connectivity index (χ0v) is 8.72. The lowest BCUT2D eigenvalue weighted by molar-refractivity contribution is 0.0546. The quantitative estimate of drug-likeness (QED) is 0.701. The van der Waals surface area contributed by atoms with Crippen molar-refractivity contribution in [2.45, 2.75) is 18.1 Å². The van der Waals surface area contributed by atoms with E-state index in [0.29, 0.717) is 26.3 Å². The van der Waals surface area contributed by atoms with E-state index in [2.05, 4.69) is 4.72 Å². The van der Waals surface area contributed by atoms with Crippen molar-refractivity contribution >= 4 is 17.0 Å². The van der Waals surface area contributed by atoms with Crippen LogP contribution in [0.3, 0.4) is 0 Å². The number of carbonyl (C=O) groups is 1. The van der Waals surface area contributed by atoms with Crippen LogP contribution < -0.4 is 4.72 Å². The van der Waals surface area contributed by atoms with Crippen LogP contribution in [0.4, 0.5) is 4.79 Å². The van der Waals surface area contributed by atoms with E-state index in [0.717, 1.165) is 12.8 Å². The highest BCUT2D eigenvalue weighted by atomic mass is 32.2. The molecule has 1 saturated carbocycles. The number of hydrogen-bond acceptors (Lipinski definition) is 3. The smallest absolute Gasteiger partial charge is 0.329 e. The highest BCUT2D eigenvalue weighted by Crippen LogP contribution is 2.24. The summed E-state index contributed by atoms with van der Waals surface area (Å²) < 4.78 is 19.0. The maximum absolute atomic E-state index is 11.5. The van der Waals surface area contributed by atoms with Crippen LogP contribution in [0.1, 0.15) is 12.8 Å². The minimum absolute atomic E-state index is 0.194. The van der Waals surface area contributed by atoms with Crippen LogP contribution in [0.15, 0.2) is 0 Å². The Kier molecular flexibility index (Phi) is 3.02. The molecule has 1 heterocycles. The molecule has 80 valence electrons. The van der Waals surface area contributed by atoms with Gasteiger partial charge in [-0.3, -0.25) is 4.72 Å². The fourth-order valence-electron chi connectivity index (χ4n) is 1.28. The predicted octanol–water partition coefficient (Wildman–Crippen LogP) is -0.146. The summed E-state index contributed by atoms with van der Waals surface area (Å²) in [5.41, 5.74) is 0. The Labute approximate surface area is 85.4 Å². The first-order chi connectivity index (χ1) is 6.77. The topological polar surface area (TPSA) is 58.6 Å². The summed E-state index contributed by atoms with van der Waals surface area (Å²) in [6.07, 6.45) is 1.94. The molecule has 1 atom stereocenters. The van der Waals surface area contributed by atoms with E-state index in [1.54, 1.807) is 4.90 Å². The molecule has 2 aliphatic rings. The Morgan fingerprint density at radius 2 is 2.00 bits per heavy atom. The summed E-state index contributed by atoms with van der Waals surface area (Å²) in [6, 6.07) is -0.224. The molecule has 5 nitrogen and oxygen atoms in total. The molecule has 6 heteroatoms. The second-order valence-electron chi connectivity index (χ2n) is 3.50. The molecule has 0 bridgehead atoms. The van der Waals surface area contributed by atoms with Crippen molar-refractivity contribution in [2.75, 3.05) is 26.3 Å². The fraction of sp³-hybridized carbons (Fsp3) is 0.875. The lowest BCUT2D eigenvalue weighted by Crippen LogP contribution is -2.47. The minimum Gasteiger partial charge on any atom is -0.378 e. The van der Waals surface area contributed by atoms with Gasteiger partial charge in [0.2, 0.25) is 0 Å². The van der Waals surface area contributed by atoms with Crippen molar-refractivity contribution in [1.82, 2.24) is 9.62 Å². The molecule has 0 aromatic carbocycles. The number of amides is 2. The van der Waals surface area contributed by atoms with E-state index in [1.165, 1.54) is 0 Å². The summed E-state index contributed by atoms with van der Waals surface area (Å²) in [4.78, 5) is 13.1. The molecule has 1 N–H and O–H groups in total. The number of hydrogen-bond donors (Lipinski definition) is 1. The molecular formula is C8H14N2O3S. The van der Waals surface area contributed by atoms with Crippen LogP contribution in [-0.4, -0.2) is 46.7 Å². The van der Waals surface area contributed by atoms with E-state index >= 15 is 0 Å². The molecule has 0 unspecified atom stereocenters. The molecule has 2 fully saturated rings. The second-order valence-corrected chi connectivity index (χ2v) is 4.97. The third kappa shape index (κ3) is 2.45. The lowest BCUT2D eigenvalue weighted by Gasteiger charge is -2.26. The molecule has 1 aliphatic heterocycles. The average Bonchev–Trinajstić information content (AvgIpc) is 3.02. The SMILES string of the molecule is O=C(N[S@](=O)C1CC1)N1CCOCC1. The third-order valence-electron chi connectivity index (χ3n) is 2.31. The van der Waals surface area contributed by atoms with E-state index in [-0.39, 0.29) is 11.3 Å². The third-order valence-corrected chi connectivity index (χ3v) is 3.77. The highest BCUT2D eigenvalue weighted by molar-refractivity contribution is 7.84. The Balaban J connectivity index is 1.78. The molecule has 0 radical (unpaired) electrons. The molecule has 2 rings (SSSR count).